The van der Waals surface area contributed by atoms with Crippen LogP contribution >= 0.6 is 27.3 Å². The van der Waals surface area contributed by atoms with E-state index in [0.717, 1.165) is 22.3 Å². The first-order chi connectivity index (χ1) is 9.61. The Bertz CT molecular complexity index is 653. The Morgan fingerprint density at radius 2 is 2.20 bits per heavy atom. The summed E-state index contributed by atoms with van der Waals surface area (Å²) in [5, 5.41) is 8.51. The summed E-state index contributed by atoms with van der Waals surface area (Å²) in [6.45, 7) is 2.15. The summed E-state index contributed by atoms with van der Waals surface area (Å²) in [5.74, 6) is 0.106. The number of anilines is 2. The van der Waals surface area contributed by atoms with E-state index < -0.39 is 0 Å². The molecule has 0 saturated heterocycles. The van der Waals surface area contributed by atoms with Gasteiger partial charge < -0.3 is 10.6 Å². The number of thiophene rings is 1. The van der Waals surface area contributed by atoms with Crippen molar-refractivity contribution >= 4 is 44.5 Å². The zero-order chi connectivity index (χ0) is 14.1. The molecule has 3 rings (SSSR count). The van der Waals surface area contributed by atoms with Crippen molar-refractivity contribution in [3.05, 3.63) is 44.6 Å². The molecular formula is C15H15BrN2OS. The first-order valence-electron chi connectivity index (χ1n) is 6.55. The van der Waals surface area contributed by atoms with Crippen LogP contribution in [0.15, 0.2) is 34.1 Å². The van der Waals surface area contributed by atoms with Crippen LogP contribution in [0.4, 0.5) is 11.4 Å². The van der Waals surface area contributed by atoms with Gasteiger partial charge >= 0.3 is 0 Å². The molecule has 0 fully saturated rings. The predicted octanol–water partition coefficient (Wildman–Crippen LogP) is 4.57. The summed E-state index contributed by atoms with van der Waals surface area (Å²) >= 11 is 5.22. The van der Waals surface area contributed by atoms with Crippen molar-refractivity contribution in [1.29, 1.82) is 0 Å². The zero-order valence-electron chi connectivity index (χ0n) is 11.1. The van der Waals surface area contributed by atoms with Crippen molar-refractivity contribution in [1.82, 2.24) is 0 Å². The van der Waals surface area contributed by atoms with Gasteiger partial charge in [0.2, 0.25) is 5.91 Å². The standard InChI is InChI=1S/C15H15BrN2OS/c1-9(14-7-11(16)8-20-14)17-12-3-4-13-10(6-12)2-5-15(19)18-13/h3-4,6-9,17H,2,5H2,1H3,(H,18,19). The number of hydrogen-bond acceptors (Lipinski definition) is 3. The van der Waals surface area contributed by atoms with E-state index in [1.54, 1.807) is 11.3 Å². The summed E-state index contributed by atoms with van der Waals surface area (Å²) in [5.41, 5.74) is 3.24. The van der Waals surface area contributed by atoms with Crippen LogP contribution in [-0.2, 0) is 11.2 Å². The fraction of sp³-hybridized carbons (Fsp3) is 0.267. The monoisotopic (exact) mass is 350 g/mol. The van der Waals surface area contributed by atoms with E-state index in [1.165, 1.54) is 10.4 Å². The average molecular weight is 351 g/mol. The third-order valence-electron chi connectivity index (χ3n) is 3.40. The minimum absolute atomic E-state index is 0.106. The quantitative estimate of drug-likeness (QED) is 0.851. The molecule has 0 radical (unpaired) electrons. The maximum Gasteiger partial charge on any atom is 0.224 e. The molecule has 2 heterocycles. The molecule has 2 aromatic rings. The number of rotatable bonds is 3. The molecule has 2 N–H and O–H groups in total. The maximum absolute atomic E-state index is 11.3. The summed E-state index contributed by atoms with van der Waals surface area (Å²) in [4.78, 5) is 12.6. The molecule has 0 aliphatic carbocycles. The summed E-state index contributed by atoms with van der Waals surface area (Å²) in [6, 6.07) is 8.53. The van der Waals surface area contributed by atoms with Crippen molar-refractivity contribution in [2.75, 3.05) is 10.6 Å². The topological polar surface area (TPSA) is 41.1 Å². The van der Waals surface area contributed by atoms with E-state index in [4.69, 9.17) is 0 Å². The number of halogens is 1. The van der Waals surface area contributed by atoms with Gasteiger partial charge in [0.1, 0.15) is 0 Å². The van der Waals surface area contributed by atoms with Crippen molar-refractivity contribution in [2.24, 2.45) is 0 Å². The molecule has 1 unspecified atom stereocenters. The van der Waals surface area contributed by atoms with Gasteiger partial charge in [-0.2, -0.15) is 0 Å². The van der Waals surface area contributed by atoms with Crippen LogP contribution in [0.1, 0.15) is 29.8 Å². The van der Waals surface area contributed by atoms with Gasteiger partial charge in [-0.15, -0.1) is 11.3 Å². The Morgan fingerprint density at radius 1 is 1.35 bits per heavy atom. The van der Waals surface area contributed by atoms with Crippen molar-refractivity contribution < 1.29 is 4.79 Å². The molecule has 0 spiro atoms. The molecule has 20 heavy (non-hydrogen) atoms. The molecule has 1 atom stereocenters. The lowest BCUT2D eigenvalue weighted by molar-refractivity contribution is -0.116. The number of amides is 1. The fourth-order valence-corrected chi connectivity index (χ4v) is 3.80. The number of aryl methyl sites for hydroxylation is 1. The van der Waals surface area contributed by atoms with E-state index in [1.807, 2.05) is 12.1 Å². The molecule has 3 nitrogen and oxygen atoms in total. The summed E-state index contributed by atoms with van der Waals surface area (Å²) < 4.78 is 1.12. The van der Waals surface area contributed by atoms with Gasteiger partial charge in [0, 0.05) is 32.5 Å². The van der Waals surface area contributed by atoms with Crippen LogP contribution in [0.5, 0.6) is 0 Å². The highest BCUT2D eigenvalue weighted by Gasteiger charge is 2.15. The van der Waals surface area contributed by atoms with E-state index in [9.17, 15) is 4.79 Å². The highest BCUT2D eigenvalue weighted by Crippen LogP contribution is 2.30. The number of benzene rings is 1. The van der Waals surface area contributed by atoms with E-state index >= 15 is 0 Å². The SMILES string of the molecule is CC(Nc1ccc2c(c1)CCC(=O)N2)c1cc(Br)cs1. The zero-order valence-corrected chi connectivity index (χ0v) is 13.5. The number of fused-ring (bicyclic) bond motifs is 1. The van der Waals surface area contributed by atoms with E-state index in [2.05, 4.69) is 51.0 Å². The van der Waals surface area contributed by atoms with Crippen LogP contribution in [0.25, 0.3) is 0 Å². The number of hydrogen-bond donors (Lipinski definition) is 2. The second kappa shape index (κ2) is 5.58. The number of nitrogens with one attached hydrogen (secondary N) is 2. The molecule has 5 heteroatoms. The first kappa shape index (κ1) is 13.6. The highest BCUT2D eigenvalue weighted by atomic mass is 79.9. The van der Waals surface area contributed by atoms with Crippen LogP contribution < -0.4 is 10.6 Å². The van der Waals surface area contributed by atoms with Crippen LogP contribution in [0.2, 0.25) is 0 Å². The largest absolute Gasteiger partial charge is 0.378 e. The molecule has 1 aromatic carbocycles. The first-order valence-corrected chi connectivity index (χ1v) is 8.22. The minimum atomic E-state index is 0.106. The lowest BCUT2D eigenvalue weighted by atomic mass is 10.0. The van der Waals surface area contributed by atoms with Gasteiger partial charge in [-0.25, -0.2) is 0 Å². The maximum atomic E-state index is 11.3. The third-order valence-corrected chi connectivity index (χ3v) is 5.27. The van der Waals surface area contributed by atoms with E-state index in [0.29, 0.717) is 6.42 Å². The Kier molecular flexibility index (Phi) is 3.81. The molecule has 1 amide bonds. The van der Waals surface area contributed by atoms with Crippen molar-refractivity contribution in [3.8, 4) is 0 Å². The van der Waals surface area contributed by atoms with Gasteiger partial charge in [-0.1, -0.05) is 0 Å². The smallest absolute Gasteiger partial charge is 0.224 e. The fourth-order valence-electron chi connectivity index (χ4n) is 2.35. The number of carbonyl (C=O) groups excluding carboxylic acids is 1. The molecule has 104 valence electrons. The Morgan fingerprint density at radius 3 is 2.95 bits per heavy atom. The average Bonchev–Trinajstić information content (AvgIpc) is 2.86. The third kappa shape index (κ3) is 2.88. The molecule has 1 aliphatic rings. The Labute approximate surface area is 130 Å². The molecule has 0 bridgehead atoms. The van der Waals surface area contributed by atoms with Gasteiger partial charge in [0.05, 0.1) is 6.04 Å². The second-order valence-electron chi connectivity index (χ2n) is 4.95. The Balaban J connectivity index is 1.76. The van der Waals surface area contributed by atoms with Crippen LogP contribution in [0.3, 0.4) is 0 Å². The second-order valence-corrected chi connectivity index (χ2v) is 6.81. The lowest BCUT2D eigenvalue weighted by Gasteiger charge is -2.19. The molecule has 0 saturated carbocycles. The van der Waals surface area contributed by atoms with Gasteiger partial charge in [0.15, 0.2) is 0 Å². The molecular weight excluding hydrogens is 336 g/mol. The lowest BCUT2D eigenvalue weighted by Crippen LogP contribution is -2.19. The van der Waals surface area contributed by atoms with Crippen LogP contribution in [0, 0.1) is 0 Å². The number of carbonyl (C=O) groups is 1. The van der Waals surface area contributed by atoms with Gasteiger partial charge in [-0.3, -0.25) is 4.79 Å². The minimum Gasteiger partial charge on any atom is -0.378 e. The van der Waals surface area contributed by atoms with E-state index in [-0.39, 0.29) is 11.9 Å². The van der Waals surface area contributed by atoms with Crippen LogP contribution in [-0.4, -0.2) is 5.91 Å². The predicted molar refractivity (Wildman–Crippen MR) is 87.4 cm³/mol. The normalized spacial score (nSPS) is 15.4. The van der Waals surface area contributed by atoms with Gasteiger partial charge in [-0.05, 0) is 59.1 Å². The molecule has 1 aromatic heterocycles. The highest BCUT2D eigenvalue weighted by molar-refractivity contribution is 9.10. The summed E-state index contributed by atoms with van der Waals surface area (Å²) in [6.07, 6.45) is 1.39. The summed E-state index contributed by atoms with van der Waals surface area (Å²) in [7, 11) is 0. The Hall–Kier alpha value is -1.33. The molecule has 1 aliphatic heterocycles. The van der Waals surface area contributed by atoms with Crippen molar-refractivity contribution in [2.45, 2.75) is 25.8 Å². The van der Waals surface area contributed by atoms with Crippen molar-refractivity contribution in [3.63, 3.8) is 0 Å². The van der Waals surface area contributed by atoms with Gasteiger partial charge in [0.25, 0.3) is 0 Å².